The SMILES string of the molecule is CNc1ccc(OC(C)C(=O)NCC(C)C)cc1. The molecule has 4 nitrogen and oxygen atoms in total. The van der Waals surface area contributed by atoms with E-state index < -0.39 is 6.10 Å². The molecule has 0 aliphatic carbocycles. The largest absolute Gasteiger partial charge is 0.481 e. The molecule has 0 saturated heterocycles. The first-order valence-electron chi connectivity index (χ1n) is 6.25. The zero-order valence-corrected chi connectivity index (χ0v) is 11.5. The van der Waals surface area contributed by atoms with Crippen LogP contribution in [0.4, 0.5) is 5.69 Å². The number of hydrogen-bond acceptors (Lipinski definition) is 3. The van der Waals surface area contributed by atoms with Gasteiger partial charge in [-0.1, -0.05) is 13.8 Å². The molecule has 0 aliphatic heterocycles. The molecular formula is C14H22N2O2. The van der Waals surface area contributed by atoms with E-state index in [4.69, 9.17) is 4.74 Å². The minimum Gasteiger partial charge on any atom is -0.481 e. The van der Waals surface area contributed by atoms with Gasteiger partial charge in [0.2, 0.25) is 0 Å². The van der Waals surface area contributed by atoms with Gasteiger partial charge in [-0.3, -0.25) is 4.79 Å². The topological polar surface area (TPSA) is 50.4 Å². The molecule has 0 fully saturated rings. The van der Waals surface area contributed by atoms with Crippen molar-refractivity contribution in [3.8, 4) is 5.75 Å². The van der Waals surface area contributed by atoms with Crippen molar-refractivity contribution in [1.29, 1.82) is 0 Å². The number of amides is 1. The summed E-state index contributed by atoms with van der Waals surface area (Å²) < 4.78 is 5.57. The Hall–Kier alpha value is -1.71. The van der Waals surface area contributed by atoms with Gasteiger partial charge in [0.15, 0.2) is 6.10 Å². The van der Waals surface area contributed by atoms with Gasteiger partial charge in [-0.25, -0.2) is 0 Å². The third kappa shape index (κ3) is 4.65. The second-order valence-electron chi connectivity index (χ2n) is 4.67. The Labute approximate surface area is 109 Å². The summed E-state index contributed by atoms with van der Waals surface area (Å²) in [5.41, 5.74) is 1.01. The minimum atomic E-state index is -0.482. The average Bonchev–Trinajstić information content (AvgIpc) is 2.36. The molecule has 2 N–H and O–H groups in total. The molecule has 1 amide bonds. The van der Waals surface area contributed by atoms with Crippen LogP contribution < -0.4 is 15.4 Å². The highest BCUT2D eigenvalue weighted by Crippen LogP contribution is 2.16. The quantitative estimate of drug-likeness (QED) is 0.814. The summed E-state index contributed by atoms with van der Waals surface area (Å²) in [6, 6.07) is 7.51. The van der Waals surface area contributed by atoms with Gasteiger partial charge in [0.05, 0.1) is 0 Å². The third-order valence-corrected chi connectivity index (χ3v) is 2.51. The van der Waals surface area contributed by atoms with Crippen LogP contribution in [0.3, 0.4) is 0 Å². The number of carbonyl (C=O) groups is 1. The number of carbonyl (C=O) groups excluding carboxylic acids is 1. The van der Waals surface area contributed by atoms with Crippen LogP contribution in [0.15, 0.2) is 24.3 Å². The molecule has 1 atom stereocenters. The summed E-state index contributed by atoms with van der Waals surface area (Å²) in [5, 5.41) is 5.88. The summed E-state index contributed by atoms with van der Waals surface area (Å²) in [7, 11) is 1.86. The predicted octanol–water partition coefficient (Wildman–Crippen LogP) is 2.27. The molecule has 100 valence electrons. The zero-order chi connectivity index (χ0) is 13.5. The number of anilines is 1. The Morgan fingerprint density at radius 1 is 1.22 bits per heavy atom. The smallest absolute Gasteiger partial charge is 0.260 e. The van der Waals surface area contributed by atoms with E-state index in [2.05, 4.69) is 24.5 Å². The summed E-state index contributed by atoms with van der Waals surface area (Å²) in [4.78, 5) is 11.7. The van der Waals surface area contributed by atoms with Crippen molar-refractivity contribution in [2.24, 2.45) is 5.92 Å². The lowest BCUT2D eigenvalue weighted by atomic mass is 10.2. The Morgan fingerprint density at radius 2 is 1.83 bits per heavy atom. The molecule has 1 rings (SSSR count). The molecule has 0 heterocycles. The van der Waals surface area contributed by atoms with E-state index in [0.29, 0.717) is 18.2 Å². The molecule has 0 aliphatic rings. The van der Waals surface area contributed by atoms with Crippen molar-refractivity contribution in [3.63, 3.8) is 0 Å². The van der Waals surface area contributed by atoms with E-state index >= 15 is 0 Å². The van der Waals surface area contributed by atoms with Gasteiger partial charge in [0.25, 0.3) is 5.91 Å². The highest BCUT2D eigenvalue weighted by atomic mass is 16.5. The van der Waals surface area contributed by atoms with Gasteiger partial charge < -0.3 is 15.4 Å². The minimum absolute atomic E-state index is 0.0820. The maximum atomic E-state index is 11.7. The fourth-order valence-corrected chi connectivity index (χ4v) is 1.41. The third-order valence-electron chi connectivity index (χ3n) is 2.51. The van der Waals surface area contributed by atoms with Crippen LogP contribution in [0.2, 0.25) is 0 Å². The van der Waals surface area contributed by atoms with Crippen molar-refractivity contribution >= 4 is 11.6 Å². The first-order chi connectivity index (χ1) is 8.52. The number of rotatable bonds is 6. The van der Waals surface area contributed by atoms with E-state index in [1.165, 1.54) is 0 Å². The number of ether oxygens (including phenoxy) is 1. The van der Waals surface area contributed by atoms with E-state index in [-0.39, 0.29) is 5.91 Å². The van der Waals surface area contributed by atoms with E-state index in [9.17, 15) is 4.79 Å². The van der Waals surface area contributed by atoms with Crippen LogP contribution in [-0.2, 0) is 4.79 Å². The Bertz CT molecular complexity index is 374. The predicted molar refractivity (Wildman–Crippen MR) is 73.9 cm³/mol. The molecule has 1 unspecified atom stereocenters. The van der Waals surface area contributed by atoms with Crippen molar-refractivity contribution < 1.29 is 9.53 Å². The fraction of sp³-hybridized carbons (Fsp3) is 0.500. The highest BCUT2D eigenvalue weighted by molar-refractivity contribution is 5.80. The average molecular weight is 250 g/mol. The van der Waals surface area contributed by atoms with Crippen LogP contribution in [0, 0.1) is 5.92 Å². The fourth-order valence-electron chi connectivity index (χ4n) is 1.41. The van der Waals surface area contributed by atoms with Gasteiger partial charge in [-0.15, -0.1) is 0 Å². The molecule has 18 heavy (non-hydrogen) atoms. The van der Waals surface area contributed by atoms with Gasteiger partial charge >= 0.3 is 0 Å². The van der Waals surface area contributed by atoms with Crippen molar-refractivity contribution in [2.45, 2.75) is 26.9 Å². The van der Waals surface area contributed by atoms with Gasteiger partial charge in [0.1, 0.15) is 5.75 Å². The van der Waals surface area contributed by atoms with Crippen molar-refractivity contribution in [1.82, 2.24) is 5.32 Å². The molecule has 0 radical (unpaired) electrons. The van der Waals surface area contributed by atoms with E-state index in [1.54, 1.807) is 6.92 Å². The number of benzene rings is 1. The van der Waals surface area contributed by atoms with Gasteiger partial charge in [-0.2, -0.15) is 0 Å². The summed E-state index contributed by atoms with van der Waals surface area (Å²) in [5.74, 6) is 1.05. The molecular weight excluding hydrogens is 228 g/mol. The lowest BCUT2D eigenvalue weighted by Gasteiger charge is -2.15. The first-order valence-corrected chi connectivity index (χ1v) is 6.25. The number of hydrogen-bond donors (Lipinski definition) is 2. The maximum absolute atomic E-state index is 11.7. The maximum Gasteiger partial charge on any atom is 0.260 e. The van der Waals surface area contributed by atoms with E-state index in [1.807, 2.05) is 31.3 Å². The molecule has 0 saturated carbocycles. The molecule has 1 aromatic rings. The van der Waals surface area contributed by atoms with Crippen LogP contribution >= 0.6 is 0 Å². The standard InChI is InChI=1S/C14H22N2O2/c1-10(2)9-16-14(17)11(3)18-13-7-5-12(15-4)6-8-13/h5-8,10-11,15H,9H2,1-4H3,(H,16,17). The molecule has 0 aromatic heterocycles. The molecule has 1 aromatic carbocycles. The summed E-state index contributed by atoms with van der Waals surface area (Å²) >= 11 is 0. The first kappa shape index (κ1) is 14.4. The lowest BCUT2D eigenvalue weighted by molar-refractivity contribution is -0.127. The number of nitrogens with one attached hydrogen (secondary N) is 2. The van der Waals surface area contributed by atoms with Crippen LogP contribution in [-0.4, -0.2) is 25.6 Å². The summed E-state index contributed by atoms with van der Waals surface area (Å²) in [6.07, 6.45) is -0.482. The molecule has 4 heteroatoms. The second kappa shape index (κ2) is 6.89. The second-order valence-corrected chi connectivity index (χ2v) is 4.67. The summed E-state index contributed by atoms with van der Waals surface area (Å²) in [6.45, 7) is 6.54. The van der Waals surface area contributed by atoms with E-state index in [0.717, 1.165) is 5.69 Å². The lowest BCUT2D eigenvalue weighted by Crippen LogP contribution is -2.38. The highest BCUT2D eigenvalue weighted by Gasteiger charge is 2.14. The van der Waals surface area contributed by atoms with Crippen molar-refractivity contribution in [2.75, 3.05) is 18.9 Å². The van der Waals surface area contributed by atoms with Gasteiger partial charge in [-0.05, 0) is 37.1 Å². The Morgan fingerprint density at radius 3 is 2.33 bits per heavy atom. The van der Waals surface area contributed by atoms with Crippen LogP contribution in [0.25, 0.3) is 0 Å². The molecule has 0 bridgehead atoms. The Balaban J connectivity index is 2.47. The van der Waals surface area contributed by atoms with Crippen LogP contribution in [0.1, 0.15) is 20.8 Å². The van der Waals surface area contributed by atoms with Crippen LogP contribution in [0.5, 0.6) is 5.75 Å². The monoisotopic (exact) mass is 250 g/mol. The normalized spacial score (nSPS) is 12.1. The van der Waals surface area contributed by atoms with Gasteiger partial charge in [0, 0.05) is 19.3 Å². The molecule has 0 spiro atoms. The van der Waals surface area contributed by atoms with Crippen molar-refractivity contribution in [3.05, 3.63) is 24.3 Å². The zero-order valence-electron chi connectivity index (χ0n) is 11.5. The Kier molecular flexibility index (Phi) is 5.49.